The number of fused-ring (bicyclic) bond motifs is 1. The Kier molecular flexibility index (Phi) is 4.46. The zero-order chi connectivity index (χ0) is 17.1. The highest BCUT2D eigenvalue weighted by Gasteiger charge is 2.23. The summed E-state index contributed by atoms with van der Waals surface area (Å²) in [4.78, 5) is 24.0. The molecule has 0 unspecified atom stereocenters. The molecule has 0 saturated carbocycles. The van der Waals surface area contributed by atoms with Crippen molar-refractivity contribution in [3.63, 3.8) is 0 Å². The van der Waals surface area contributed by atoms with Crippen LogP contribution in [0.15, 0.2) is 42.5 Å². The van der Waals surface area contributed by atoms with E-state index in [2.05, 4.69) is 10.6 Å². The third-order valence-electron chi connectivity index (χ3n) is 3.99. The van der Waals surface area contributed by atoms with Crippen LogP contribution in [-0.4, -0.2) is 25.5 Å². The quantitative estimate of drug-likeness (QED) is 0.846. The predicted molar refractivity (Wildman–Crippen MR) is 87.3 cm³/mol. The molecule has 2 aromatic carbocycles. The van der Waals surface area contributed by atoms with Crippen LogP contribution in [0.5, 0.6) is 0 Å². The molecular weight excluding hydrogens is 311 g/mol. The Morgan fingerprint density at radius 3 is 2.71 bits per heavy atom. The number of ether oxygens (including phenoxy) is 1. The summed E-state index contributed by atoms with van der Waals surface area (Å²) in [5, 5.41) is 5.85. The van der Waals surface area contributed by atoms with Crippen LogP contribution in [0.4, 0.5) is 10.1 Å². The van der Waals surface area contributed by atoms with Gasteiger partial charge in [0, 0.05) is 17.8 Å². The maximum absolute atomic E-state index is 13.1. The summed E-state index contributed by atoms with van der Waals surface area (Å²) in [6, 6.07) is 10.2. The molecule has 24 heavy (non-hydrogen) atoms. The molecule has 6 heteroatoms. The SMILES string of the molecule is COC(=O)[C@H](Nc1ccc2c(c1)C(=O)NCC2)c1ccc(F)cc1. The zero-order valence-electron chi connectivity index (χ0n) is 13.1. The van der Waals surface area contributed by atoms with Gasteiger partial charge < -0.3 is 15.4 Å². The van der Waals surface area contributed by atoms with Crippen LogP contribution in [0, 0.1) is 5.82 Å². The highest BCUT2D eigenvalue weighted by molar-refractivity contribution is 5.97. The maximum atomic E-state index is 13.1. The van der Waals surface area contributed by atoms with Gasteiger partial charge in [0.2, 0.25) is 0 Å². The molecule has 1 amide bonds. The highest BCUT2D eigenvalue weighted by Crippen LogP contribution is 2.24. The zero-order valence-corrected chi connectivity index (χ0v) is 13.1. The lowest BCUT2D eigenvalue weighted by atomic mass is 9.99. The van der Waals surface area contributed by atoms with E-state index >= 15 is 0 Å². The minimum absolute atomic E-state index is 0.128. The van der Waals surface area contributed by atoms with Gasteiger partial charge in [-0.2, -0.15) is 0 Å². The van der Waals surface area contributed by atoms with E-state index in [9.17, 15) is 14.0 Å². The molecule has 2 aromatic rings. The summed E-state index contributed by atoms with van der Waals surface area (Å²) in [6.07, 6.45) is 0.778. The van der Waals surface area contributed by atoms with Crippen molar-refractivity contribution in [1.29, 1.82) is 0 Å². The molecule has 1 heterocycles. The second-order valence-corrected chi connectivity index (χ2v) is 5.53. The van der Waals surface area contributed by atoms with E-state index in [1.54, 1.807) is 6.07 Å². The van der Waals surface area contributed by atoms with Gasteiger partial charge in [0.1, 0.15) is 5.82 Å². The molecule has 5 nitrogen and oxygen atoms in total. The predicted octanol–water partition coefficient (Wildman–Crippen LogP) is 2.44. The van der Waals surface area contributed by atoms with Gasteiger partial charge in [-0.1, -0.05) is 18.2 Å². The first-order valence-electron chi connectivity index (χ1n) is 7.59. The van der Waals surface area contributed by atoms with Gasteiger partial charge in [0.25, 0.3) is 5.91 Å². The minimum Gasteiger partial charge on any atom is -0.467 e. The van der Waals surface area contributed by atoms with Crippen molar-refractivity contribution in [3.05, 3.63) is 65.0 Å². The first kappa shape index (κ1) is 16.0. The number of esters is 1. The number of hydrogen-bond acceptors (Lipinski definition) is 4. The number of rotatable bonds is 4. The maximum Gasteiger partial charge on any atom is 0.332 e. The lowest BCUT2D eigenvalue weighted by molar-refractivity contribution is -0.141. The lowest BCUT2D eigenvalue weighted by Gasteiger charge is -2.21. The second kappa shape index (κ2) is 6.70. The number of amides is 1. The van der Waals surface area contributed by atoms with E-state index in [0.29, 0.717) is 23.4 Å². The van der Waals surface area contributed by atoms with Crippen molar-refractivity contribution >= 4 is 17.6 Å². The fourth-order valence-electron chi connectivity index (χ4n) is 2.72. The Hall–Kier alpha value is -2.89. The molecule has 0 saturated heterocycles. The van der Waals surface area contributed by atoms with E-state index in [0.717, 1.165) is 12.0 Å². The Morgan fingerprint density at radius 1 is 1.25 bits per heavy atom. The Balaban J connectivity index is 1.90. The van der Waals surface area contributed by atoms with Gasteiger partial charge in [-0.15, -0.1) is 0 Å². The Bertz CT molecular complexity index is 774. The molecule has 0 aliphatic carbocycles. The number of methoxy groups -OCH3 is 1. The normalized spacial score (nSPS) is 14.3. The van der Waals surface area contributed by atoms with Crippen LogP contribution in [0.1, 0.15) is 27.5 Å². The van der Waals surface area contributed by atoms with Crippen LogP contribution in [-0.2, 0) is 16.0 Å². The molecule has 2 N–H and O–H groups in total. The molecule has 0 radical (unpaired) electrons. The summed E-state index contributed by atoms with van der Waals surface area (Å²) < 4.78 is 17.9. The summed E-state index contributed by atoms with van der Waals surface area (Å²) in [7, 11) is 1.29. The van der Waals surface area contributed by atoms with Gasteiger partial charge in [0.15, 0.2) is 6.04 Å². The highest BCUT2D eigenvalue weighted by atomic mass is 19.1. The summed E-state index contributed by atoms with van der Waals surface area (Å²) >= 11 is 0. The standard InChI is InChI=1S/C18H17FN2O3/c1-24-18(23)16(12-2-5-13(19)6-3-12)21-14-7-4-11-8-9-20-17(22)15(11)10-14/h2-7,10,16,21H,8-9H2,1H3,(H,20,22)/t16-/m1/s1. The van der Waals surface area contributed by atoms with Crippen molar-refractivity contribution < 1.29 is 18.7 Å². The molecule has 1 aliphatic heterocycles. The Labute approximate surface area is 138 Å². The van der Waals surface area contributed by atoms with Crippen molar-refractivity contribution in [2.45, 2.75) is 12.5 Å². The van der Waals surface area contributed by atoms with Crippen LogP contribution in [0.25, 0.3) is 0 Å². The number of anilines is 1. The van der Waals surface area contributed by atoms with Crippen LogP contribution < -0.4 is 10.6 Å². The van der Waals surface area contributed by atoms with Gasteiger partial charge >= 0.3 is 5.97 Å². The number of nitrogens with one attached hydrogen (secondary N) is 2. The minimum atomic E-state index is -0.791. The topological polar surface area (TPSA) is 67.4 Å². The van der Waals surface area contributed by atoms with Gasteiger partial charge in [-0.05, 0) is 41.8 Å². The van der Waals surface area contributed by atoms with Crippen LogP contribution >= 0.6 is 0 Å². The number of carbonyl (C=O) groups excluding carboxylic acids is 2. The number of carbonyl (C=O) groups is 2. The van der Waals surface area contributed by atoms with Crippen molar-refractivity contribution in [2.75, 3.05) is 19.0 Å². The molecule has 3 rings (SSSR count). The van der Waals surface area contributed by atoms with Gasteiger partial charge in [0.05, 0.1) is 7.11 Å². The number of benzene rings is 2. The lowest BCUT2D eigenvalue weighted by Crippen LogP contribution is -2.32. The molecule has 1 atom stereocenters. The number of hydrogen-bond donors (Lipinski definition) is 2. The van der Waals surface area contributed by atoms with Gasteiger partial charge in [-0.25, -0.2) is 9.18 Å². The van der Waals surface area contributed by atoms with E-state index in [-0.39, 0.29) is 11.7 Å². The van der Waals surface area contributed by atoms with Crippen molar-refractivity contribution in [1.82, 2.24) is 5.32 Å². The fraction of sp³-hybridized carbons (Fsp3) is 0.222. The van der Waals surface area contributed by atoms with E-state index in [1.807, 2.05) is 12.1 Å². The van der Waals surface area contributed by atoms with Crippen LogP contribution in [0.2, 0.25) is 0 Å². The molecule has 0 fully saturated rings. The van der Waals surface area contributed by atoms with Gasteiger partial charge in [-0.3, -0.25) is 4.79 Å². The molecular formula is C18H17FN2O3. The average molecular weight is 328 g/mol. The second-order valence-electron chi connectivity index (χ2n) is 5.53. The fourth-order valence-corrected chi connectivity index (χ4v) is 2.72. The third kappa shape index (κ3) is 3.22. The van der Waals surface area contributed by atoms with Crippen molar-refractivity contribution in [2.24, 2.45) is 0 Å². The van der Waals surface area contributed by atoms with E-state index < -0.39 is 12.0 Å². The Morgan fingerprint density at radius 2 is 2.00 bits per heavy atom. The number of halogens is 1. The summed E-state index contributed by atoms with van der Waals surface area (Å²) in [6.45, 7) is 0.624. The first-order chi connectivity index (χ1) is 11.6. The van der Waals surface area contributed by atoms with E-state index in [4.69, 9.17) is 4.74 Å². The van der Waals surface area contributed by atoms with Crippen molar-refractivity contribution in [3.8, 4) is 0 Å². The largest absolute Gasteiger partial charge is 0.467 e. The molecule has 0 bridgehead atoms. The smallest absolute Gasteiger partial charge is 0.332 e. The third-order valence-corrected chi connectivity index (χ3v) is 3.99. The molecule has 0 aromatic heterocycles. The summed E-state index contributed by atoms with van der Waals surface area (Å²) in [5.74, 6) is -1.01. The average Bonchev–Trinajstić information content (AvgIpc) is 2.60. The van der Waals surface area contributed by atoms with Crippen LogP contribution in [0.3, 0.4) is 0 Å². The molecule has 0 spiro atoms. The summed E-state index contributed by atoms with van der Waals surface area (Å²) in [5.41, 5.74) is 2.76. The first-order valence-corrected chi connectivity index (χ1v) is 7.59. The molecule has 1 aliphatic rings. The van der Waals surface area contributed by atoms with E-state index in [1.165, 1.54) is 31.4 Å². The molecule has 124 valence electrons. The monoisotopic (exact) mass is 328 g/mol.